The van der Waals surface area contributed by atoms with E-state index in [4.69, 9.17) is 5.73 Å². The molecule has 0 heterocycles. The highest BCUT2D eigenvalue weighted by Crippen LogP contribution is 2.27. The van der Waals surface area contributed by atoms with E-state index < -0.39 is 17.5 Å². The summed E-state index contributed by atoms with van der Waals surface area (Å²) in [5.41, 5.74) is 5.75. The highest BCUT2D eigenvalue weighted by atomic mass is 32.2. The second-order valence-corrected chi connectivity index (χ2v) is 4.76. The number of nitrogens with two attached hydrogens (primary N) is 1. The highest BCUT2D eigenvalue weighted by Gasteiger charge is 2.09. The average Bonchev–Trinajstić information content (AvgIpc) is 2.27. The molecule has 0 aromatic heterocycles. The molecule has 2 aromatic carbocycles. The molecule has 0 saturated heterocycles. The zero-order valence-corrected chi connectivity index (χ0v) is 10.1. The minimum atomic E-state index is -0.605. The highest BCUT2D eigenvalue weighted by molar-refractivity contribution is 7.98. The summed E-state index contributed by atoms with van der Waals surface area (Å²) >= 11 is 1.13. The second-order valence-electron chi connectivity index (χ2n) is 3.71. The van der Waals surface area contributed by atoms with E-state index in [0.717, 1.165) is 11.8 Å². The molecule has 0 aliphatic rings. The van der Waals surface area contributed by atoms with Gasteiger partial charge in [0.05, 0.1) is 0 Å². The summed E-state index contributed by atoms with van der Waals surface area (Å²) in [6.45, 7) is 0. The Morgan fingerprint density at radius 3 is 2.28 bits per heavy atom. The number of thioether (sulfide) groups is 1. The molecule has 0 atom stereocenters. The molecule has 0 radical (unpaired) electrons. The number of hydrogen-bond donors (Lipinski definition) is 1. The summed E-state index contributed by atoms with van der Waals surface area (Å²) in [6.07, 6.45) is 0. The molecule has 0 aliphatic carbocycles. The first-order chi connectivity index (χ1) is 8.56. The third kappa shape index (κ3) is 2.98. The Morgan fingerprint density at radius 2 is 1.67 bits per heavy atom. The molecule has 0 unspecified atom stereocenters. The monoisotopic (exact) mass is 269 g/mol. The van der Waals surface area contributed by atoms with Crippen LogP contribution in [0.5, 0.6) is 0 Å². The average molecular weight is 269 g/mol. The number of nitrogen functional groups attached to an aromatic ring is 1. The minimum absolute atomic E-state index is 0.0228. The Hall–Kier alpha value is -1.62. The number of hydrogen-bond acceptors (Lipinski definition) is 2. The quantitative estimate of drug-likeness (QED) is 0.673. The van der Waals surface area contributed by atoms with Crippen LogP contribution in [0, 0.1) is 17.5 Å². The summed E-state index contributed by atoms with van der Waals surface area (Å²) in [7, 11) is 0. The summed E-state index contributed by atoms with van der Waals surface area (Å²) in [4.78, 5) is 0.537. The van der Waals surface area contributed by atoms with Gasteiger partial charge in [0, 0.05) is 21.9 Å². The van der Waals surface area contributed by atoms with Crippen molar-refractivity contribution < 1.29 is 13.2 Å². The van der Waals surface area contributed by atoms with Crippen molar-refractivity contribution >= 4 is 17.4 Å². The Kier molecular flexibility index (Phi) is 3.81. The third-order valence-corrected chi connectivity index (χ3v) is 3.34. The molecular formula is C13H10F3NS. The van der Waals surface area contributed by atoms with Crippen LogP contribution < -0.4 is 5.73 Å². The van der Waals surface area contributed by atoms with Gasteiger partial charge in [0.1, 0.15) is 17.5 Å². The van der Waals surface area contributed by atoms with Crippen molar-refractivity contribution in [2.24, 2.45) is 0 Å². The first-order valence-corrected chi connectivity index (χ1v) is 6.16. The molecule has 2 rings (SSSR count). The van der Waals surface area contributed by atoms with Crippen LogP contribution in [-0.2, 0) is 5.75 Å². The van der Waals surface area contributed by atoms with E-state index in [-0.39, 0.29) is 17.0 Å². The smallest absolute Gasteiger partial charge is 0.130 e. The van der Waals surface area contributed by atoms with Crippen LogP contribution in [0.3, 0.4) is 0 Å². The molecule has 0 saturated carbocycles. The zero-order valence-electron chi connectivity index (χ0n) is 9.29. The van der Waals surface area contributed by atoms with Gasteiger partial charge in [-0.1, -0.05) is 6.07 Å². The fraction of sp³-hybridized carbons (Fsp3) is 0.0769. The topological polar surface area (TPSA) is 26.0 Å². The first kappa shape index (κ1) is 12.8. The Labute approximate surface area is 107 Å². The van der Waals surface area contributed by atoms with Crippen molar-refractivity contribution in [3.05, 3.63) is 59.4 Å². The summed E-state index contributed by atoms with van der Waals surface area (Å²) in [5.74, 6) is -1.59. The number of benzene rings is 2. The SMILES string of the molecule is Nc1cc(F)cc(SCc2c(F)cccc2F)c1. The maximum Gasteiger partial charge on any atom is 0.130 e. The summed E-state index contributed by atoms with van der Waals surface area (Å²) in [5, 5.41) is 0. The van der Waals surface area contributed by atoms with E-state index in [9.17, 15) is 13.2 Å². The van der Waals surface area contributed by atoms with Crippen molar-refractivity contribution in [1.29, 1.82) is 0 Å². The lowest BCUT2D eigenvalue weighted by molar-refractivity contribution is 0.566. The second kappa shape index (κ2) is 5.35. The first-order valence-electron chi connectivity index (χ1n) is 5.18. The van der Waals surface area contributed by atoms with Gasteiger partial charge in [-0.15, -0.1) is 11.8 Å². The predicted molar refractivity (Wildman–Crippen MR) is 66.7 cm³/mol. The van der Waals surface area contributed by atoms with Crippen LogP contribution >= 0.6 is 11.8 Å². The number of rotatable bonds is 3. The van der Waals surface area contributed by atoms with Gasteiger partial charge < -0.3 is 5.73 Å². The molecule has 0 aliphatic heterocycles. The molecule has 0 amide bonds. The van der Waals surface area contributed by atoms with Gasteiger partial charge in [0.2, 0.25) is 0 Å². The molecule has 5 heteroatoms. The van der Waals surface area contributed by atoms with Gasteiger partial charge in [-0.2, -0.15) is 0 Å². The Balaban J connectivity index is 2.16. The third-order valence-electron chi connectivity index (χ3n) is 2.34. The lowest BCUT2D eigenvalue weighted by atomic mass is 10.2. The van der Waals surface area contributed by atoms with Gasteiger partial charge in [-0.05, 0) is 30.3 Å². The summed E-state index contributed by atoms with van der Waals surface area (Å²) < 4.78 is 39.8. The molecule has 2 aromatic rings. The largest absolute Gasteiger partial charge is 0.399 e. The van der Waals surface area contributed by atoms with E-state index in [1.54, 1.807) is 6.07 Å². The molecule has 0 fully saturated rings. The fourth-order valence-corrected chi connectivity index (χ4v) is 2.50. The van der Waals surface area contributed by atoms with Crippen molar-refractivity contribution in [2.75, 3.05) is 5.73 Å². The van der Waals surface area contributed by atoms with Gasteiger partial charge in [-0.3, -0.25) is 0 Å². The van der Waals surface area contributed by atoms with E-state index in [1.165, 1.54) is 30.3 Å². The summed E-state index contributed by atoms with van der Waals surface area (Å²) in [6, 6.07) is 7.72. The molecule has 0 spiro atoms. The molecule has 94 valence electrons. The van der Waals surface area contributed by atoms with Crippen LogP contribution in [0.1, 0.15) is 5.56 Å². The van der Waals surface area contributed by atoms with Gasteiger partial charge in [0.15, 0.2) is 0 Å². The molecular weight excluding hydrogens is 259 g/mol. The van der Waals surface area contributed by atoms with Gasteiger partial charge in [0.25, 0.3) is 0 Å². The van der Waals surface area contributed by atoms with Crippen LogP contribution in [0.15, 0.2) is 41.3 Å². The van der Waals surface area contributed by atoms with Crippen molar-refractivity contribution in [2.45, 2.75) is 10.6 Å². The number of halogens is 3. The van der Waals surface area contributed by atoms with Crippen LogP contribution in [-0.4, -0.2) is 0 Å². The normalized spacial score (nSPS) is 10.6. The fourth-order valence-electron chi connectivity index (χ4n) is 1.49. The zero-order chi connectivity index (χ0) is 13.1. The molecule has 1 nitrogen and oxygen atoms in total. The van der Waals surface area contributed by atoms with Crippen LogP contribution in [0.4, 0.5) is 18.9 Å². The van der Waals surface area contributed by atoms with Gasteiger partial charge in [-0.25, -0.2) is 13.2 Å². The van der Waals surface area contributed by atoms with E-state index >= 15 is 0 Å². The van der Waals surface area contributed by atoms with Crippen LogP contribution in [0.2, 0.25) is 0 Å². The maximum absolute atomic E-state index is 13.4. The molecule has 0 bridgehead atoms. The van der Waals surface area contributed by atoms with Gasteiger partial charge >= 0.3 is 0 Å². The molecule has 18 heavy (non-hydrogen) atoms. The van der Waals surface area contributed by atoms with Crippen molar-refractivity contribution in [3.8, 4) is 0 Å². The van der Waals surface area contributed by atoms with Crippen molar-refractivity contribution in [1.82, 2.24) is 0 Å². The van der Waals surface area contributed by atoms with Crippen LogP contribution in [0.25, 0.3) is 0 Å². The molecule has 2 N–H and O–H groups in total. The minimum Gasteiger partial charge on any atom is -0.399 e. The van der Waals surface area contributed by atoms with E-state index in [0.29, 0.717) is 4.90 Å². The van der Waals surface area contributed by atoms with E-state index in [2.05, 4.69) is 0 Å². The predicted octanol–water partition coefficient (Wildman–Crippen LogP) is 3.98. The number of anilines is 1. The van der Waals surface area contributed by atoms with E-state index in [1.807, 2.05) is 0 Å². The Bertz CT molecular complexity index is 532. The standard InChI is InChI=1S/C13H10F3NS/c14-8-4-9(17)6-10(5-8)18-7-11-12(15)2-1-3-13(11)16/h1-6H,7,17H2. The Morgan fingerprint density at radius 1 is 1.00 bits per heavy atom. The lowest BCUT2D eigenvalue weighted by Crippen LogP contribution is -1.93. The lowest BCUT2D eigenvalue weighted by Gasteiger charge is -2.06. The van der Waals surface area contributed by atoms with Crippen molar-refractivity contribution in [3.63, 3.8) is 0 Å². The maximum atomic E-state index is 13.4.